The number of carbonyl (C=O) groups is 3. The quantitative estimate of drug-likeness (QED) is 0.212. The highest BCUT2D eigenvalue weighted by atomic mass is 19.4. The molecule has 240 valence electrons. The van der Waals surface area contributed by atoms with Crippen molar-refractivity contribution in [2.24, 2.45) is 16.3 Å². The van der Waals surface area contributed by atoms with E-state index in [-0.39, 0.29) is 29.5 Å². The van der Waals surface area contributed by atoms with Crippen molar-refractivity contribution >= 4 is 24.0 Å². The molecule has 2 amide bonds. The molecule has 1 aliphatic heterocycles. The molecular formula is C33H42F3N3O5. The first kappa shape index (κ1) is 34.6. The molecule has 0 saturated heterocycles. The van der Waals surface area contributed by atoms with Gasteiger partial charge in [-0.05, 0) is 80.2 Å². The molecular weight excluding hydrogens is 575 g/mol. The van der Waals surface area contributed by atoms with Crippen LogP contribution in [0.2, 0.25) is 0 Å². The predicted molar refractivity (Wildman–Crippen MR) is 161 cm³/mol. The van der Waals surface area contributed by atoms with Gasteiger partial charge in [-0.1, -0.05) is 50.6 Å². The van der Waals surface area contributed by atoms with Crippen LogP contribution in [0.5, 0.6) is 5.75 Å². The SMILES string of the molecule is COC(=O)CCNC=O.Cc1ccc(CCN2C(=O)C(c3ccc(OC(F)(F)F)cc3)=NC23CCC(C(C)(C)C)CC3)cc1. The Bertz CT molecular complexity index is 1290. The number of rotatable bonds is 9. The summed E-state index contributed by atoms with van der Waals surface area (Å²) in [5.41, 5.74) is 2.77. The standard InChI is InChI=1S/C28H33F3N2O2.C5H9NO3/c1-19-5-7-20(8-6-19)15-18-33-25(34)24(21-9-11-23(12-10-21)35-28(29,30)31)32-27(33)16-13-22(14-17-27)26(2,3)4;1-9-5(8)2-3-6-4-7/h5-12,22H,13-18H2,1-4H3;4H,2-3H2,1H3,(H,6,7). The Morgan fingerprint density at radius 2 is 1.68 bits per heavy atom. The second kappa shape index (κ2) is 14.7. The number of benzene rings is 2. The van der Waals surface area contributed by atoms with E-state index in [1.54, 1.807) is 0 Å². The van der Waals surface area contributed by atoms with E-state index < -0.39 is 12.0 Å². The van der Waals surface area contributed by atoms with Crippen LogP contribution in [-0.2, 0) is 25.5 Å². The smallest absolute Gasteiger partial charge is 0.469 e. The van der Waals surface area contributed by atoms with E-state index >= 15 is 0 Å². The number of carbonyl (C=O) groups excluding carboxylic acids is 3. The van der Waals surface area contributed by atoms with Gasteiger partial charge in [-0.15, -0.1) is 13.2 Å². The monoisotopic (exact) mass is 617 g/mol. The number of alkyl halides is 3. The fraction of sp³-hybridized carbons (Fsp3) is 0.515. The lowest BCUT2D eigenvalue weighted by atomic mass is 9.69. The van der Waals surface area contributed by atoms with Crippen LogP contribution < -0.4 is 10.1 Å². The van der Waals surface area contributed by atoms with E-state index in [1.165, 1.54) is 36.9 Å². The average molecular weight is 618 g/mol. The van der Waals surface area contributed by atoms with Gasteiger partial charge in [0, 0.05) is 18.7 Å². The van der Waals surface area contributed by atoms with E-state index in [4.69, 9.17) is 4.99 Å². The lowest BCUT2D eigenvalue weighted by Crippen LogP contribution is -2.50. The van der Waals surface area contributed by atoms with Crippen LogP contribution in [0.1, 0.15) is 69.6 Å². The van der Waals surface area contributed by atoms with Gasteiger partial charge in [0.2, 0.25) is 6.41 Å². The summed E-state index contributed by atoms with van der Waals surface area (Å²) in [5, 5.41) is 2.33. The third-order valence-electron chi connectivity index (χ3n) is 8.17. The molecule has 1 saturated carbocycles. The molecule has 2 aliphatic rings. The van der Waals surface area contributed by atoms with Crippen molar-refractivity contribution < 1.29 is 37.0 Å². The van der Waals surface area contributed by atoms with E-state index in [2.05, 4.69) is 59.8 Å². The molecule has 0 unspecified atom stereocenters. The zero-order valence-corrected chi connectivity index (χ0v) is 26.0. The second-order valence-electron chi connectivity index (χ2n) is 12.2. The minimum atomic E-state index is -4.76. The largest absolute Gasteiger partial charge is 0.573 e. The van der Waals surface area contributed by atoms with E-state index in [1.807, 2.05) is 11.8 Å². The summed E-state index contributed by atoms with van der Waals surface area (Å²) in [5.74, 6) is -0.232. The van der Waals surface area contributed by atoms with E-state index in [0.717, 1.165) is 37.7 Å². The van der Waals surface area contributed by atoms with E-state index in [0.29, 0.717) is 36.7 Å². The molecule has 4 rings (SSSR count). The van der Waals surface area contributed by atoms with Crippen molar-refractivity contribution in [3.63, 3.8) is 0 Å². The average Bonchev–Trinajstić information content (AvgIpc) is 3.22. The maximum absolute atomic E-state index is 13.6. The fourth-order valence-electron chi connectivity index (χ4n) is 5.60. The van der Waals surface area contributed by atoms with Crippen molar-refractivity contribution in [2.75, 3.05) is 20.2 Å². The molecule has 2 aromatic carbocycles. The van der Waals surface area contributed by atoms with Gasteiger partial charge >= 0.3 is 12.3 Å². The molecule has 8 nitrogen and oxygen atoms in total. The zero-order chi connectivity index (χ0) is 32.5. The Morgan fingerprint density at radius 3 is 2.20 bits per heavy atom. The second-order valence-corrected chi connectivity index (χ2v) is 12.2. The summed E-state index contributed by atoms with van der Waals surface area (Å²) >= 11 is 0. The first-order valence-corrected chi connectivity index (χ1v) is 14.7. The van der Waals surface area contributed by atoms with Crippen molar-refractivity contribution in [1.29, 1.82) is 0 Å². The van der Waals surface area contributed by atoms with Gasteiger partial charge in [0.05, 0.1) is 13.5 Å². The highest BCUT2D eigenvalue weighted by molar-refractivity contribution is 6.46. The highest BCUT2D eigenvalue weighted by Gasteiger charge is 2.49. The number of nitrogens with one attached hydrogen (secondary N) is 1. The Hall–Kier alpha value is -3.89. The summed E-state index contributed by atoms with van der Waals surface area (Å²) < 4.78 is 45.9. The molecule has 0 aromatic heterocycles. The number of nitrogens with zero attached hydrogens (tertiary/aromatic N) is 2. The summed E-state index contributed by atoms with van der Waals surface area (Å²) in [6, 6.07) is 13.7. The van der Waals surface area contributed by atoms with Crippen molar-refractivity contribution in [3.05, 3.63) is 65.2 Å². The Morgan fingerprint density at radius 1 is 1.07 bits per heavy atom. The van der Waals surface area contributed by atoms with Gasteiger partial charge < -0.3 is 19.7 Å². The molecule has 0 atom stereocenters. The molecule has 1 heterocycles. The third-order valence-corrected chi connectivity index (χ3v) is 8.17. The number of amides is 2. The molecule has 0 radical (unpaired) electrons. The third kappa shape index (κ3) is 9.56. The van der Waals surface area contributed by atoms with Gasteiger partial charge in [0.25, 0.3) is 5.91 Å². The van der Waals surface area contributed by atoms with Gasteiger partial charge in [0.15, 0.2) is 0 Å². The molecule has 1 N–H and O–H groups in total. The number of aliphatic imine (C=N–C) groups is 1. The number of esters is 1. The maximum atomic E-state index is 13.6. The number of aryl methyl sites for hydroxylation is 1. The van der Waals surface area contributed by atoms with Crippen LogP contribution in [-0.4, -0.2) is 61.1 Å². The van der Waals surface area contributed by atoms with E-state index in [9.17, 15) is 27.6 Å². The molecule has 1 fully saturated rings. The number of hydrogen-bond donors (Lipinski definition) is 1. The lowest BCUT2D eigenvalue weighted by molar-refractivity contribution is -0.274. The summed E-state index contributed by atoms with van der Waals surface area (Å²) in [7, 11) is 1.31. The topological polar surface area (TPSA) is 97.3 Å². The number of halogens is 3. The molecule has 1 aliphatic carbocycles. The molecule has 11 heteroatoms. The number of hydrogen-bond acceptors (Lipinski definition) is 6. The van der Waals surface area contributed by atoms with Crippen LogP contribution in [0.4, 0.5) is 13.2 Å². The van der Waals surface area contributed by atoms with Crippen LogP contribution in [0, 0.1) is 18.3 Å². The number of methoxy groups -OCH3 is 1. The van der Waals surface area contributed by atoms with Crippen LogP contribution >= 0.6 is 0 Å². The van der Waals surface area contributed by atoms with Crippen molar-refractivity contribution in [2.45, 2.75) is 78.2 Å². The van der Waals surface area contributed by atoms with Crippen molar-refractivity contribution in [3.8, 4) is 5.75 Å². The van der Waals surface area contributed by atoms with Crippen molar-refractivity contribution in [1.82, 2.24) is 10.2 Å². The first-order chi connectivity index (χ1) is 20.7. The minimum Gasteiger partial charge on any atom is -0.469 e. The summed E-state index contributed by atoms with van der Waals surface area (Å²) in [6.45, 7) is 9.69. The normalized spacial score (nSPS) is 20.0. The van der Waals surface area contributed by atoms with Crippen LogP contribution in [0.15, 0.2) is 53.5 Å². The summed E-state index contributed by atoms with van der Waals surface area (Å²) in [6.07, 6.45) is 0.265. The Balaban J connectivity index is 0.000000512. The predicted octanol–water partition coefficient (Wildman–Crippen LogP) is 6.00. The van der Waals surface area contributed by atoms with Crippen LogP contribution in [0.3, 0.4) is 0 Å². The lowest BCUT2D eigenvalue weighted by Gasteiger charge is -2.45. The molecule has 1 spiro atoms. The number of ether oxygens (including phenoxy) is 2. The molecule has 44 heavy (non-hydrogen) atoms. The molecule has 2 aromatic rings. The van der Waals surface area contributed by atoms with Gasteiger partial charge in [-0.25, -0.2) is 0 Å². The highest BCUT2D eigenvalue weighted by Crippen LogP contribution is 2.46. The molecule has 0 bridgehead atoms. The Kier molecular flexibility index (Phi) is 11.6. The zero-order valence-electron chi connectivity index (χ0n) is 26.0. The van der Waals surface area contributed by atoms with Crippen LogP contribution in [0.25, 0.3) is 0 Å². The maximum Gasteiger partial charge on any atom is 0.573 e. The van der Waals surface area contributed by atoms with Gasteiger partial charge in [0.1, 0.15) is 17.1 Å². The van der Waals surface area contributed by atoms with Gasteiger partial charge in [-0.2, -0.15) is 0 Å². The minimum absolute atomic E-state index is 0.157. The van der Waals surface area contributed by atoms with Gasteiger partial charge in [-0.3, -0.25) is 19.4 Å². The Labute approximate surface area is 257 Å². The first-order valence-electron chi connectivity index (χ1n) is 14.7. The summed E-state index contributed by atoms with van der Waals surface area (Å²) in [4.78, 5) is 40.4. The fourth-order valence-corrected chi connectivity index (χ4v) is 5.60.